The highest BCUT2D eigenvalue weighted by Gasteiger charge is 2.14. The molecule has 1 heterocycles. The molecule has 2 aromatic rings. The number of halogens is 1. The molecule has 0 aliphatic rings. The number of anilines is 1. The summed E-state index contributed by atoms with van der Waals surface area (Å²) in [4.78, 5) is 28.6. The van der Waals surface area contributed by atoms with E-state index in [1.807, 2.05) is 58.9 Å². The molecule has 1 aromatic carbocycles. The van der Waals surface area contributed by atoms with Crippen LogP contribution in [-0.4, -0.2) is 42.5 Å². The number of carbonyl (C=O) groups is 2. The van der Waals surface area contributed by atoms with Gasteiger partial charge in [-0.1, -0.05) is 0 Å². The fraction of sp³-hybridized carbons (Fsp3) is 0.435. The zero-order valence-corrected chi connectivity index (χ0v) is 22.1. The number of rotatable bonds is 9. The first-order valence-corrected chi connectivity index (χ1v) is 10.5. The Balaban J connectivity index is 0.00000544. The smallest absolute Gasteiger partial charge is 0.242 e. The van der Waals surface area contributed by atoms with Crippen molar-refractivity contribution >= 4 is 47.4 Å². The number of aliphatic imine (C=N–C) groups is 1. The van der Waals surface area contributed by atoms with Gasteiger partial charge in [0.15, 0.2) is 5.96 Å². The summed E-state index contributed by atoms with van der Waals surface area (Å²) >= 11 is 0. The maximum Gasteiger partial charge on any atom is 0.242 e. The zero-order chi connectivity index (χ0) is 23.6. The average molecular weight is 571 g/mol. The quantitative estimate of drug-likeness (QED) is 0.209. The van der Waals surface area contributed by atoms with Crippen molar-refractivity contribution in [2.24, 2.45) is 4.99 Å². The number of nitrogens with zero attached hydrogens (tertiary/aromatic N) is 1. The molecular formula is C23H34IN5O4. The molecule has 0 unspecified atom stereocenters. The second kappa shape index (κ2) is 13.7. The summed E-state index contributed by atoms with van der Waals surface area (Å²) in [5.41, 5.74) is 0.380. The van der Waals surface area contributed by atoms with Crippen LogP contribution in [0.1, 0.15) is 40.4 Å². The third kappa shape index (κ3) is 12.2. The van der Waals surface area contributed by atoms with E-state index in [-0.39, 0.29) is 60.5 Å². The summed E-state index contributed by atoms with van der Waals surface area (Å²) in [6, 6.07) is 10.9. The molecule has 0 aliphatic carbocycles. The first-order chi connectivity index (χ1) is 15.1. The Morgan fingerprint density at radius 1 is 1.06 bits per heavy atom. The second-order valence-electron chi connectivity index (χ2n) is 8.49. The molecule has 0 fully saturated rings. The van der Waals surface area contributed by atoms with Crippen LogP contribution in [0.25, 0.3) is 0 Å². The lowest BCUT2D eigenvalue weighted by atomic mass is 10.1. The van der Waals surface area contributed by atoms with Gasteiger partial charge < -0.3 is 30.4 Å². The predicted molar refractivity (Wildman–Crippen MR) is 140 cm³/mol. The number of amides is 2. The molecule has 2 amide bonds. The van der Waals surface area contributed by atoms with Gasteiger partial charge in [0.1, 0.15) is 18.1 Å². The monoisotopic (exact) mass is 571 g/mol. The van der Waals surface area contributed by atoms with Crippen molar-refractivity contribution in [3.63, 3.8) is 0 Å². The molecule has 0 saturated heterocycles. The van der Waals surface area contributed by atoms with Crippen LogP contribution in [0, 0.1) is 0 Å². The van der Waals surface area contributed by atoms with E-state index in [9.17, 15) is 9.59 Å². The number of guanidine groups is 1. The molecule has 0 spiro atoms. The van der Waals surface area contributed by atoms with E-state index in [1.165, 1.54) is 0 Å². The lowest BCUT2D eigenvalue weighted by molar-refractivity contribution is -0.121. The van der Waals surface area contributed by atoms with Crippen LogP contribution in [0.15, 0.2) is 52.1 Å². The molecule has 4 N–H and O–H groups in total. The van der Waals surface area contributed by atoms with Crippen LogP contribution in [0.5, 0.6) is 5.75 Å². The van der Waals surface area contributed by atoms with E-state index in [4.69, 9.17) is 9.15 Å². The van der Waals surface area contributed by atoms with Crippen molar-refractivity contribution in [1.82, 2.24) is 16.0 Å². The average Bonchev–Trinajstić information content (AvgIpc) is 3.22. The van der Waals surface area contributed by atoms with Crippen molar-refractivity contribution in [1.29, 1.82) is 0 Å². The molecule has 9 nitrogen and oxygen atoms in total. The van der Waals surface area contributed by atoms with Crippen molar-refractivity contribution in [2.45, 2.75) is 52.8 Å². The third-order valence-electron chi connectivity index (χ3n) is 3.84. The molecular weight excluding hydrogens is 537 g/mol. The van der Waals surface area contributed by atoms with Gasteiger partial charge in [-0.3, -0.25) is 9.59 Å². The van der Waals surface area contributed by atoms with Gasteiger partial charge in [0.2, 0.25) is 11.8 Å². The van der Waals surface area contributed by atoms with Gasteiger partial charge in [-0.15, -0.1) is 24.0 Å². The van der Waals surface area contributed by atoms with Gasteiger partial charge in [-0.25, -0.2) is 4.99 Å². The SMILES string of the molecule is CC(C)Oc1ccc(NC(=NCC(=O)NC(C)(C)C)NCC(=O)NCc2ccco2)cc1.I. The molecule has 0 bridgehead atoms. The highest BCUT2D eigenvalue weighted by Crippen LogP contribution is 2.16. The lowest BCUT2D eigenvalue weighted by Gasteiger charge is -2.20. The Kier molecular flexibility index (Phi) is 11.7. The van der Waals surface area contributed by atoms with E-state index in [2.05, 4.69) is 26.3 Å². The maximum absolute atomic E-state index is 12.2. The Labute approximate surface area is 212 Å². The van der Waals surface area contributed by atoms with Crippen molar-refractivity contribution in [3.05, 3.63) is 48.4 Å². The number of furan rings is 1. The zero-order valence-electron chi connectivity index (χ0n) is 19.7. The van der Waals surface area contributed by atoms with Gasteiger partial charge in [0.05, 0.1) is 25.5 Å². The number of benzene rings is 1. The van der Waals surface area contributed by atoms with Gasteiger partial charge in [-0.05, 0) is 71.0 Å². The number of hydrogen-bond donors (Lipinski definition) is 4. The van der Waals surface area contributed by atoms with Gasteiger partial charge in [-0.2, -0.15) is 0 Å². The van der Waals surface area contributed by atoms with Crippen LogP contribution >= 0.6 is 24.0 Å². The van der Waals surface area contributed by atoms with Gasteiger partial charge in [0.25, 0.3) is 0 Å². The van der Waals surface area contributed by atoms with Crippen molar-refractivity contribution in [3.8, 4) is 5.75 Å². The lowest BCUT2D eigenvalue weighted by Crippen LogP contribution is -2.43. The fourth-order valence-electron chi connectivity index (χ4n) is 2.60. The third-order valence-corrected chi connectivity index (χ3v) is 3.84. The Hall–Kier alpha value is -2.76. The summed E-state index contributed by atoms with van der Waals surface area (Å²) in [6.07, 6.45) is 1.63. The van der Waals surface area contributed by atoms with E-state index >= 15 is 0 Å². The van der Waals surface area contributed by atoms with E-state index in [1.54, 1.807) is 18.4 Å². The standard InChI is InChI=1S/C23H33N5O4.HI/c1-16(2)32-18-10-8-17(9-11-18)27-22(26-15-21(30)28-23(3,4)5)25-14-20(29)24-13-19-7-6-12-31-19;/h6-12,16H,13-15H2,1-5H3,(H,24,29)(H,28,30)(H2,25,26,27);1H. The van der Waals surface area contributed by atoms with Crippen LogP contribution in [-0.2, 0) is 16.1 Å². The van der Waals surface area contributed by atoms with E-state index < -0.39 is 0 Å². The number of nitrogens with one attached hydrogen (secondary N) is 4. The van der Waals surface area contributed by atoms with Crippen LogP contribution in [0.3, 0.4) is 0 Å². The van der Waals surface area contributed by atoms with E-state index in [0.29, 0.717) is 18.3 Å². The normalized spacial score (nSPS) is 11.4. The number of carbonyl (C=O) groups excluding carboxylic acids is 2. The highest BCUT2D eigenvalue weighted by molar-refractivity contribution is 14.0. The summed E-state index contributed by atoms with van der Waals surface area (Å²) in [6.45, 7) is 9.79. The summed E-state index contributed by atoms with van der Waals surface area (Å²) in [5, 5.41) is 11.7. The van der Waals surface area contributed by atoms with Gasteiger partial charge >= 0.3 is 0 Å². The fourth-order valence-corrected chi connectivity index (χ4v) is 2.60. The van der Waals surface area contributed by atoms with Crippen molar-refractivity contribution in [2.75, 3.05) is 18.4 Å². The highest BCUT2D eigenvalue weighted by atomic mass is 127. The molecule has 0 atom stereocenters. The largest absolute Gasteiger partial charge is 0.491 e. The minimum Gasteiger partial charge on any atom is -0.491 e. The molecule has 0 aliphatic heterocycles. The van der Waals surface area contributed by atoms with Crippen LogP contribution in [0.2, 0.25) is 0 Å². The minimum atomic E-state index is -0.356. The first-order valence-electron chi connectivity index (χ1n) is 10.5. The molecule has 0 radical (unpaired) electrons. The molecule has 2 rings (SSSR count). The molecule has 0 saturated carbocycles. The number of ether oxygens (including phenoxy) is 1. The molecule has 182 valence electrons. The molecule has 1 aromatic heterocycles. The summed E-state index contributed by atoms with van der Waals surface area (Å²) < 4.78 is 10.8. The predicted octanol–water partition coefficient (Wildman–Crippen LogP) is 3.27. The molecule has 10 heteroatoms. The topological polar surface area (TPSA) is 117 Å². The summed E-state index contributed by atoms with van der Waals surface area (Å²) in [5.74, 6) is 1.25. The minimum absolute atomic E-state index is 0. The Morgan fingerprint density at radius 2 is 1.76 bits per heavy atom. The van der Waals surface area contributed by atoms with Crippen molar-refractivity contribution < 1.29 is 18.7 Å². The van der Waals surface area contributed by atoms with Gasteiger partial charge in [0, 0.05) is 11.2 Å². The second-order valence-corrected chi connectivity index (χ2v) is 8.49. The number of hydrogen-bond acceptors (Lipinski definition) is 5. The van der Waals surface area contributed by atoms with Crippen LogP contribution in [0.4, 0.5) is 5.69 Å². The maximum atomic E-state index is 12.2. The Morgan fingerprint density at radius 3 is 2.33 bits per heavy atom. The van der Waals surface area contributed by atoms with E-state index in [0.717, 1.165) is 11.4 Å². The molecule has 33 heavy (non-hydrogen) atoms. The first kappa shape index (κ1) is 28.3. The van der Waals surface area contributed by atoms with Crippen LogP contribution < -0.4 is 26.0 Å². The summed E-state index contributed by atoms with van der Waals surface area (Å²) in [7, 11) is 0. The Bertz CT molecular complexity index is 891.